The molecule has 0 bridgehead atoms. The largest absolute Gasteiger partial charge is 0.448 e. The van der Waals surface area contributed by atoms with Crippen LogP contribution in [-0.2, 0) is 33.2 Å². The predicted molar refractivity (Wildman–Crippen MR) is 176 cm³/mol. The van der Waals surface area contributed by atoms with Crippen LogP contribution in [0.25, 0.3) is 11.1 Å². The van der Waals surface area contributed by atoms with Gasteiger partial charge < -0.3 is 38.1 Å². The van der Waals surface area contributed by atoms with Crippen LogP contribution in [0.1, 0.15) is 62.5 Å². The van der Waals surface area contributed by atoms with Gasteiger partial charge in [-0.1, -0.05) is 87.6 Å². The lowest BCUT2D eigenvalue weighted by atomic mass is 9.98. The van der Waals surface area contributed by atoms with Crippen molar-refractivity contribution >= 4 is 6.09 Å². The van der Waals surface area contributed by atoms with Gasteiger partial charge in [-0.15, -0.1) is 0 Å². The van der Waals surface area contributed by atoms with E-state index in [1.807, 2.05) is 24.3 Å². The zero-order chi connectivity index (χ0) is 31.8. The van der Waals surface area contributed by atoms with Crippen molar-refractivity contribution in [2.24, 2.45) is 0 Å². The van der Waals surface area contributed by atoms with E-state index in [-0.39, 0.29) is 12.0 Å². The number of unbranched alkanes of at least 4 members (excludes halogenated alkanes) is 5. The van der Waals surface area contributed by atoms with E-state index in [4.69, 9.17) is 33.2 Å². The van der Waals surface area contributed by atoms with E-state index in [1.54, 1.807) is 11.9 Å². The quantitative estimate of drug-likeness (QED) is 0.106. The summed E-state index contributed by atoms with van der Waals surface area (Å²) in [7, 11) is 1.72. The van der Waals surface area contributed by atoms with Gasteiger partial charge in [-0.25, -0.2) is 4.79 Å². The number of ether oxygens (including phenoxy) is 7. The van der Waals surface area contributed by atoms with Gasteiger partial charge in [-0.2, -0.15) is 0 Å². The highest BCUT2D eigenvalue weighted by molar-refractivity contribution is 5.79. The Kier molecular flexibility index (Phi) is 19.5. The van der Waals surface area contributed by atoms with Gasteiger partial charge in [-0.05, 0) is 28.7 Å². The van der Waals surface area contributed by atoms with Crippen LogP contribution in [0.5, 0.6) is 0 Å². The van der Waals surface area contributed by atoms with E-state index >= 15 is 0 Å². The van der Waals surface area contributed by atoms with Crippen LogP contribution in [0, 0.1) is 0 Å². The number of hydrogen-bond donors (Lipinski definition) is 0. The minimum absolute atomic E-state index is 0.0502. The number of amides is 1. The van der Waals surface area contributed by atoms with Gasteiger partial charge in [0.25, 0.3) is 0 Å². The molecule has 3 rings (SSSR count). The predicted octanol–water partition coefficient (Wildman–Crippen LogP) is 6.33. The molecule has 0 fully saturated rings. The molecule has 0 N–H and O–H groups in total. The Morgan fingerprint density at radius 2 is 1.00 bits per heavy atom. The summed E-state index contributed by atoms with van der Waals surface area (Å²) in [6.45, 7) is 9.52. The molecule has 0 aliphatic heterocycles. The van der Waals surface area contributed by atoms with E-state index in [0.717, 1.165) is 13.0 Å². The highest BCUT2D eigenvalue weighted by atomic mass is 16.6. The summed E-state index contributed by atoms with van der Waals surface area (Å²) in [5, 5.41) is 0. The topological polar surface area (TPSA) is 84.9 Å². The van der Waals surface area contributed by atoms with Gasteiger partial charge in [0.15, 0.2) is 0 Å². The lowest BCUT2D eigenvalue weighted by Gasteiger charge is -2.19. The first-order valence-electron chi connectivity index (χ1n) is 16.7. The lowest BCUT2D eigenvalue weighted by Crippen LogP contribution is -2.32. The summed E-state index contributed by atoms with van der Waals surface area (Å²) in [6, 6.07) is 16.6. The van der Waals surface area contributed by atoms with Crippen LogP contribution in [0.2, 0.25) is 0 Å². The molecule has 0 radical (unpaired) electrons. The third-order valence-corrected chi connectivity index (χ3v) is 7.72. The molecule has 0 unspecified atom stereocenters. The van der Waals surface area contributed by atoms with E-state index in [1.165, 1.54) is 54.4 Å². The van der Waals surface area contributed by atoms with Gasteiger partial charge in [0.1, 0.15) is 6.61 Å². The number of benzene rings is 2. The average Bonchev–Trinajstić information content (AvgIpc) is 3.39. The first-order valence-corrected chi connectivity index (χ1v) is 16.7. The maximum Gasteiger partial charge on any atom is 0.409 e. The van der Waals surface area contributed by atoms with Gasteiger partial charge in [-0.3, -0.25) is 0 Å². The van der Waals surface area contributed by atoms with Crippen molar-refractivity contribution in [1.82, 2.24) is 4.90 Å². The summed E-state index contributed by atoms with van der Waals surface area (Å²) in [6.07, 6.45) is 7.31. The molecule has 9 nitrogen and oxygen atoms in total. The average molecular weight is 630 g/mol. The fourth-order valence-corrected chi connectivity index (χ4v) is 5.18. The van der Waals surface area contributed by atoms with Crippen LogP contribution in [0.15, 0.2) is 48.5 Å². The molecule has 0 atom stereocenters. The van der Waals surface area contributed by atoms with E-state index < -0.39 is 0 Å². The van der Waals surface area contributed by atoms with Crippen molar-refractivity contribution < 1.29 is 38.0 Å². The number of fused-ring (bicyclic) bond motifs is 3. The maximum absolute atomic E-state index is 12.6. The Balaban J connectivity index is 1.05. The van der Waals surface area contributed by atoms with Crippen molar-refractivity contribution in [2.75, 3.05) is 99.5 Å². The molecule has 0 saturated heterocycles. The first-order chi connectivity index (χ1) is 22.2. The Labute approximate surface area is 270 Å². The highest BCUT2D eigenvalue weighted by Crippen LogP contribution is 2.44. The molecule has 1 amide bonds. The molecule has 0 spiro atoms. The molecule has 2 aromatic carbocycles. The lowest BCUT2D eigenvalue weighted by molar-refractivity contribution is -0.0174. The van der Waals surface area contributed by atoms with Crippen LogP contribution in [0.3, 0.4) is 0 Å². The van der Waals surface area contributed by atoms with Gasteiger partial charge in [0.2, 0.25) is 0 Å². The third kappa shape index (κ3) is 14.6. The van der Waals surface area contributed by atoms with Crippen molar-refractivity contribution in [3.05, 3.63) is 59.7 Å². The fourth-order valence-electron chi connectivity index (χ4n) is 5.18. The van der Waals surface area contributed by atoms with Gasteiger partial charge in [0.05, 0.1) is 72.7 Å². The monoisotopic (exact) mass is 629 g/mol. The van der Waals surface area contributed by atoms with Crippen molar-refractivity contribution in [2.45, 2.75) is 51.4 Å². The number of carbonyl (C=O) groups excluding carboxylic acids is 1. The summed E-state index contributed by atoms with van der Waals surface area (Å²) in [5.74, 6) is 0.0502. The number of rotatable bonds is 27. The van der Waals surface area contributed by atoms with Crippen LogP contribution < -0.4 is 0 Å². The number of nitrogens with zero attached hydrogens (tertiary/aromatic N) is 1. The zero-order valence-corrected chi connectivity index (χ0v) is 27.6. The second-order valence-electron chi connectivity index (χ2n) is 11.2. The molecular weight excluding hydrogens is 574 g/mol. The number of carbonyl (C=O) groups is 1. The Hall–Kier alpha value is -2.53. The molecule has 1 aliphatic rings. The fraction of sp³-hybridized carbons (Fsp3) is 0.639. The molecule has 2 aromatic rings. The third-order valence-electron chi connectivity index (χ3n) is 7.72. The molecule has 9 heteroatoms. The molecule has 0 saturated carbocycles. The second kappa shape index (κ2) is 23.8. The van der Waals surface area contributed by atoms with Crippen LogP contribution >= 0.6 is 0 Å². The molecule has 0 heterocycles. The van der Waals surface area contributed by atoms with Crippen LogP contribution in [-0.4, -0.2) is 110 Å². The molecule has 1 aliphatic carbocycles. The molecule has 45 heavy (non-hydrogen) atoms. The first kappa shape index (κ1) is 36.9. The van der Waals surface area contributed by atoms with Crippen molar-refractivity contribution in [1.29, 1.82) is 0 Å². The minimum atomic E-state index is -0.353. The summed E-state index contributed by atoms with van der Waals surface area (Å²) >= 11 is 0. The number of likely N-dealkylation sites (N-methyl/N-ethyl adjacent to an activating group) is 1. The Morgan fingerprint density at radius 3 is 1.51 bits per heavy atom. The van der Waals surface area contributed by atoms with Crippen molar-refractivity contribution in [3.8, 4) is 11.1 Å². The molecule has 252 valence electrons. The van der Waals surface area contributed by atoms with Crippen molar-refractivity contribution in [3.63, 3.8) is 0 Å². The second-order valence-corrected chi connectivity index (χ2v) is 11.2. The Bertz CT molecular complexity index is 1010. The van der Waals surface area contributed by atoms with E-state index in [0.29, 0.717) is 85.8 Å². The summed E-state index contributed by atoms with van der Waals surface area (Å²) in [4.78, 5) is 14.1. The van der Waals surface area contributed by atoms with Gasteiger partial charge in [0, 0.05) is 26.1 Å². The molecule has 0 aromatic heterocycles. The summed E-state index contributed by atoms with van der Waals surface area (Å²) in [5.41, 5.74) is 4.83. The standard InChI is InChI=1S/C36H55NO8/c1-3-4-5-6-7-12-18-39-20-22-41-24-26-43-28-29-44-27-25-42-23-21-40-19-17-37(2)36(38)45-30-35-33-15-10-8-13-31(33)32-14-9-11-16-34(32)35/h8-11,13-16,35H,3-7,12,17-30H2,1-2H3. The molecular formula is C36H55NO8. The maximum atomic E-state index is 12.6. The summed E-state index contributed by atoms with van der Waals surface area (Å²) < 4.78 is 39.0. The van der Waals surface area contributed by atoms with E-state index in [9.17, 15) is 4.79 Å². The number of hydrogen-bond acceptors (Lipinski definition) is 8. The Morgan fingerprint density at radius 1 is 0.578 bits per heavy atom. The highest BCUT2D eigenvalue weighted by Gasteiger charge is 2.29. The normalized spacial score (nSPS) is 12.3. The smallest absolute Gasteiger partial charge is 0.409 e. The minimum Gasteiger partial charge on any atom is -0.448 e. The SMILES string of the molecule is CCCCCCCCOCCOCCOCCOCCOCCOCCN(C)C(=O)OCC1c2ccccc2-c2ccccc21. The van der Waals surface area contributed by atoms with E-state index in [2.05, 4.69) is 31.2 Å². The van der Waals surface area contributed by atoms with Gasteiger partial charge >= 0.3 is 6.09 Å². The zero-order valence-electron chi connectivity index (χ0n) is 27.6. The van der Waals surface area contributed by atoms with Crippen LogP contribution in [0.4, 0.5) is 4.79 Å².